The minimum atomic E-state index is -0.626. The summed E-state index contributed by atoms with van der Waals surface area (Å²) in [5.41, 5.74) is 6.72. The molecule has 1 atom stereocenters. The fraction of sp³-hybridized carbons (Fsp3) is 0.579. The molecule has 0 fully saturated rings. The first-order chi connectivity index (χ1) is 11.7. The molecule has 0 heterocycles. The second-order valence-electron chi connectivity index (χ2n) is 7.20. The Morgan fingerprint density at radius 3 is 2.26 bits per heavy atom. The fourth-order valence-electron chi connectivity index (χ4n) is 2.32. The SMILES string of the molecule is CCN(CC)CCNC(=O)c1cccc(NC(=O)[C@@H](N)C(C)(C)C)c1.Cl.Cl. The number of anilines is 1. The van der Waals surface area contributed by atoms with Gasteiger partial charge in [-0.1, -0.05) is 40.7 Å². The van der Waals surface area contributed by atoms with Gasteiger partial charge in [-0.3, -0.25) is 9.59 Å². The van der Waals surface area contributed by atoms with Gasteiger partial charge in [-0.05, 0) is 36.7 Å². The first-order valence-corrected chi connectivity index (χ1v) is 8.86. The number of carbonyl (C=O) groups is 2. The van der Waals surface area contributed by atoms with Crippen LogP contribution in [0.2, 0.25) is 0 Å². The van der Waals surface area contributed by atoms with Crippen molar-refractivity contribution in [2.75, 3.05) is 31.5 Å². The van der Waals surface area contributed by atoms with E-state index in [1.165, 1.54) is 0 Å². The molecule has 0 saturated heterocycles. The zero-order valence-corrected chi connectivity index (χ0v) is 18.5. The highest BCUT2D eigenvalue weighted by atomic mass is 35.5. The van der Waals surface area contributed by atoms with Crippen molar-refractivity contribution < 1.29 is 9.59 Å². The lowest BCUT2D eigenvalue weighted by Crippen LogP contribution is -2.45. The maximum Gasteiger partial charge on any atom is 0.251 e. The van der Waals surface area contributed by atoms with Crippen molar-refractivity contribution in [1.29, 1.82) is 0 Å². The minimum absolute atomic E-state index is 0. The molecule has 0 aliphatic rings. The van der Waals surface area contributed by atoms with Gasteiger partial charge >= 0.3 is 0 Å². The number of nitrogens with zero attached hydrogens (tertiary/aromatic N) is 1. The normalized spacial score (nSPS) is 11.8. The zero-order valence-electron chi connectivity index (χ0n) is 16.9. The summed E-state index contributed by atoms with van der Waals surface area (Å²) in [6.45, 7) is 13.3. The van der Waals surface area contributed by atoms with Crippen LogP contribution in [0.3, 0.4) is 0 Å². The molecule has 6 nitrogen and oxygen atoms in total. The van der Waals surface area contributed by atoms with E-state index >= 15 is 0 Å². The number of nitrogens with two attached hydrogens (primary N) is 1. The van der Waals surface area contributed by atoms with Gasteiger partial charge in [-0.15, -0.1) is 24.8 Å². The Labute approximate surface area is 175 Å². The van der Waals surface area contributed by atoms with Crippen LogP contribution in [0.5, 0.6) is 0 Å². The maximum atomic E-state index is 12.3. The Morgan fingerprint density at radius 2 is 1.74 bits per heavy atom. The first kappa shape index (κ1) is 27.9. The lowest BCUT2D eigenvalue weighted by Gasteiger charge is -2.25. The van der Waals surface area contributed by atoms with Crippen molar-refractivity contribution in [2.45, 2.75) is 40.7 Å². The predicted molar refractivity (Wildman–Crippen MR) is 117 cm³/mol. The highest BCUT2D eigenvalue weighted by molar-refractivity contribution is 5.98. The van der Waals surface area contributed by atoms with Crippen LogP contribution in [-0.2, 0) is 4.79 Å². The molecule has 1 rings (SSSR count). The number of nitrogens with one attached hydrogen (secondary N) is 2. The topological polar surface area (TPSA) is 87.5 Å². The van der Waals surface area contributed by atoms with Crippen LogP contribution in [0.4, 0.5) is 5.69 Å². The smallest absolute Gasteiger partial charge is 0.251 e. The van der Waals surface area contributed by atoms with E-state index in [1.807, 2.05) is 20.8 Å². The molecule has 0 aliphatic heterocycles. The molecule has 0 aromatic heterocycles. The van der Waals surface area contributed by atoms with E-state index < -0.39 is 6.04 Å². The van der Waals surface area contributed by atoms with Crippen LogP contribution in [0.25, 0.3) is 0 Å². The van der Waals surface area contributed by atoms with Crippen molar-refractivity contribution in [3.63, 3.8) is 0 Å². The molecule has 0 spiro atoms. The Bertz CT molecular complexity index is 587. The third-order valence-electron chi connectivity index (χ3n) is 4.22. The van der Waals surface area contributed by atoms with Crippen LogP contribution < -0.4 is 16.4 Å². The van der Waals surface area contributed by atoms with Crippen molar-refractivity contribution in [3.05, 3.63) is 29.8 Å². The number of halogens is 2. The van der Waals surface area contributed by atoms with E-state index in [9.17, 15) is 9.59 Å². The predicted octanol–water partition coefficient (Wildman–Crippen LogP) is 2.91. The Kier molecular flexibility index (Phi) is 13.4. The fourth-order valence-corrected chi connectivity index (χ4v) is 2.32. The zero-order chi connectivity index (χ0) is 19.0. The molecule has 1 aromatic carbocycles. The number of hydrogen-bond acceptors (Lipinski definition) is 4. The second-order valence-corrected chi connectivity index (χ2v) is 7.20. The third-order valence-corrected chi connectivity index (χ3v) is 4.22. The second kappa shape index (κ2) is 12.9. The molecule has 0 radical (unpaired) electrons. The Balaban J connectivity index is 0. The van der Waals surface area contributed by atoms with Crippen molar-refractivity contribution >= 4 is 42.3 Å². The van der Waals surface area contributed by atoms with Crippen molar-refractivity contribution in [1.82, 2.24) is 10.2 Å². The first-order valence-electron chi connectivity index (χ1n) is 8.86. The Hall–Kier alpha value is -1.34. The molecule has 2 amide bonds. The summed E-state index contributed by atoms with van der Waals surface area (Å²) in [4.78, 5) is 26.7. The van der Waals surface area contributed by atoms with Crippen molar-refractivity contribution in [3.8, 4) is 0 Å². The molecule has 8 heteroatoms. The minimum Gasteiger partial charge on any atom is -0.351 e. The molecule has 0 bridgehead atoms. The monoisotopic (exact) mass is 420 g/mol. The molecule has 0 unspecified atom stereocenters. The summed E-state index contributed by atoms with van der Waals surface area (Å²) >= 11 is 0. The number of hydrogen-bond donors (Lipinski definition) is 3. The van der Waals surface area contributed by atoms with Gasteiger partial charge in [0.15, 0.2) is 0 Å². The van der Waals surface area contributed by atoms with E-state index in [0.29, 0.717) is 17.8 Å². The summed E-state index contributed by atoms with van der Waals surface area (Å²) in [6, 6.07) is 6.27. The van der Waals surface area contributed by atoms with E-state index in [1.54, 1.807) is 24.3 Å². The van der Waals surface area contributed by atoms with Crippen LogP contribution in [0.1, 0.15) is 45.0 Å². The standard InChI is InChI=1S/C19H32N4O2.2ClH/c1-6-23(7-2)12-11-21-17(24)14-9-8-10-15(13-14)22-18(25)16(20)19(3,4)5;;/h8-10,13,16H,6-7,11-12,20H2,1-5H3,(H,21,24)(H,22,25);2*1H/t16-;;/m1../s1. The number of likely N-dealkylation sites (N-methyl/N-ethyl adjacent to an activating group) is 1. The molecule has 27 heavy (non-hydrogen) atoms. The highest BCUT2D eigenvalue weighted by Gasteiger charge is 2.27. The number of rotatable bonds is 8. The lowest BCUT2D eigenvalue weighted by molar-refractivity contribution is -0.119. The average molecular weight is 421 g/mol. The van der Waals surface area contributed by atoms with Gasteiger partial charge in [-0.25, -0.2) is 0 Å². The maximum absolute atomic E-state index is 12.3. The van der Waals surface area contributed by atoms with Crippen LogP contribution in [0, 0.1) is 5.41 Å². The lowest BCUT2D eigenvalue weighted by atomic mass is 9.87. The average Bonchev–Trinajstić information content (AvgIpc) is 2.57. The van der Waals surface area contributed by atoms with Crippen LogP contribution >= 0.6 is 24.8 Å². The quantitative estimate of drug-likeness (QED) is 0.602. The Morgan fingerprint density at radius 1 is 1.15 bits per heavy atom. The van der Waals surface area contributed by atoms with Gasteiger partial charge in [0, 0.05) is 24.3 Å². The van der Waals surface area contributed by atoms with Crippen molar-refractivity contribution in [2.24, 2.45) is 11.1 Å². The van der Waals surface area contributed by atoms with Crippen LogP contribution in [0.15, 0.2) is 24.3 Å². The summed E-state index contributed by atoms with van der Waals surface area (Å²) in [5.74, 6) is -0.407. The van der Waals surface area contributed by atoms with E-state index in [2.05, 4.69) is 29.4 Å². The van der Waals surface area contributed by atoms with E-state index in [4.69, 9.17) is 5.73 Å². The largest absolute Gasteiger partial charge is 0.351 e. The number of amides is 2. The van der Waals surface area contributed by atoms with Crippen LogP contribution in [-0.4, -0.2) is 48.9 Å². The van der Waals surface area contributed by atoms with Gasteiger partial charge in [0.05, 0.1) is 6.04 Å². The van der Waals surface area contributed by atoms with E-state index in [0.717, 1.165) is 19.6 Å². The van der Waals surface area contributed by atoms with Gasteiger partial charge in [0.25, 0.3) is 5.91 Å². The highest BCUT2D eigenvalue weighted by Crippen LogP contribution is 2.19. The molecule has 0 saturated carbocycles. The van der Waals surface area contributed by atoms with Gasteiger partial charge in [0.2, 0.25) is 5.91 Å². The molecular formula is C19H34Cl2N4O2. The molecule has 0 aliphatic carbocycles. The summed E-state index contributed by atoms with van der Waals surface area (Å²) in [5, 5.41) is 5.69. The molecule has 4 N–H and O–H groups in total. The summed E-state index contributed by atoms with van der Waals surface area (Å²) in [6.07, 6.45) is 0. The van der Waals surface area contributed by atoms with Gasteiger partial charge in [-0.2, -0.15) is 0 Å². The molecule has 156 valence electrons. The number of benzene rings is 1. The summed E-state index contributed by atoms with van der Waals surface area (Å²) in [7, 11) is 0. The van der Waals surface area contributed by atoms with Gasteiger partial charge in [0.1, 0.15) is 0 Å². The number of carbonyl (C=O) groups excluding carboxylic acids is 2. The van der Waals surface area contributed by atoms with E-state index in [-0.39, 0.29) is 42.0 Å². The molecule has 1 aromatic rings. The van der Waals surface area contributed by atoms with Gasteiger partial charge < -0.3 is 21.3 Å². The third kappa shape index (κ3) is 9.42. The molecular weight excluding hydrogens is 387 g/mol. The summed E-state index contributed by atoms with van der Waals surface area (Å²) < 4.78 is 0.